The second kappa shape index (κ2) is 9.09. The second-order valence-corrected chi connectivity index (χ2v) is 6.80. The van der Waals surface area contributed by atoms with Gasteiger partial charge >= 0.3 is 5.97 Å². The molecular formula is C23H22N2O5. The molecule has 30 heavy (non-hydrogen) atoms. The molecule has 3 aromatic carbocycles. The summed E-state index contributed by atoms with van der Waals surface area (Å²) in [5.41, 5.74) is 1.25. The van der Waals surface area contributed by atoms with E-state index in [2.05, 4.69) is 5.32 Å². The minimum Gasteiger partial charge on any atom is -0.496 e. The first-order chi connectivity index (χ1) is 14.4. The third-order valence-corrected chi connectivity index (χ3v) is 4.44. The third-order valence-electron chi connectivity index (χ3n) is 4.44. The number of nitrogens with one attached hydrogen (secondary N) is 1. The fourth-order valence-electron chi connectivity index (χ4n) is 2.91. The summed E-state index contributed by atoms with van der Waals surface area (Å²) in [4.78, 5) is 38.0. The molecule has 0 heterocycles. The highest BCUT2D eigenvalue weighted by atomic mass is 16.5. The number of hydrogen-bond donors (Lipinski definition) is 1. The fourth-order valence-corrected chi connectivity index (χ4v) is 2.91. The lowest BCUT2D eigenvalue weighted by Gasteiger charge is -2.12. The molecule has 0 aliphatic heterocycles. The van der Waals surface area contributed by atoms with Crippen LogP contribution < -0.4 is 10.1 Å². The number of carbonyl (C=O) groups excluding carboxylic acids is 3. The largest absolute Gasteiger partial charge is 0.496 e. The van der Waals surface area contributed by atoms with Crippen LogP contribution >= 0.6 is 0 Å². The van der Waals surface area contributed by atoms with E-state index >= 15 is 0 Å². The monoisotopic (exact) mass is 406 g/mol. The van der Waals surface area contributed by atoms with Crippen molar-refractivity contribution in [3.63, 3.8) is 0 Å². The molecule has 7 nitrogen and oxygen atoms in total. The Balaban J connectivity index is 1.63. The van der Waals surface area contributed by atoms with Crippen LogP contribution in [0.15, 0.2) is 60.7 Å². The molecule has 154 valence electrons. The lowest BCUT2D eigenvalue weighted by molar-refractivity contribution is -0.119. The van der Waals surface area contributed by atoms with Gasteiger partial charge in [-0.15, -0.1) is 0 Å². The highest BCUT2D eigenvalue weighted by Gasteiger charge is 2.17. The first-order valence-electron chi connectivity index (χ1n) is 9.24. The summed E-state index contributed by atoms with van der Waals surface area (Å²) in [5.74, 6) is -0.902. The van der Waals surface area contributed by atoms with Crippen molar-refractivity contribution in [2.24, 2.45) is 0 Å². The zero-order valence-corrected chi connectivity index (χ0v) is 17.0. The zero-order chi connectivity index (χ0) is 21.7. The van der Waals surface area contributed by atoms with E-state index in [1.807, 2.05) is 24.3 Å². The van der Waals surface area contributed by atoms with Gasteiger partial charge in [0.1, 0.15) is 11.3 Å². The molecule has 0 atom stereocenters. The summed E-state index contributed by atoms with van der Waals surface area (Å²) in [5, 5.41) is 4.42. The summed E-state index contributed by atoms with van der Waals surface area (Å²) in [6.45, 7) is -0.451. The highest BCUT2D eigenvalue weighted by molar-refractivity contribution is 6.00. The minimum atomic E-state index is -0.653. The van der Waals surface area contributed by atoms with Gasteiger partial charge in [0, 0.05) is 25.3 Å². The first-order valence-corrected chi connectivity index (χ1v) is 9.24. The molecule has 0 fully saturated rings. The van der Waals surface area contributed by atoms with E-state index in [-0.39, 0.29) is 11.5 Å². The van der Waals surface area contributed by atoms with Crippen molar-refractivity contribution in [1.29, 1.82) is 0 Å². The number of rotatable bonds is 6. The van der Waals surface area contributed by atoms with Gasteiger partial charge in [-0.25, -0.2) is 4.79 Å². The second-order valence-electron chi connectivity index (χ2n) is 6.80. The van der Waals surface area contributed by atoms with Gasteiger partial charge in [-0.05, 0) is 47.2 Å². The molecule has 0 saturated carbocycles. The average molecular weight is 406 g/mol. The molecule has 2 amide bonds. The lowest BCUT2D eigenvalue weighted by atomic mass is 10.1. The van der Waals surface area contributed by atoms with Gasteiger partial charge < -0.3 is 19.7 Å². The minimum absolute atomic E-state index is 0.133. The molecule has 0 bridgehead atoms. The molecule has 7 heteroatoms. The molecule has 1 N–H and O–H groups in total. The highest BCUT2D eigenvalue weighted by Crippen LogP contribution is 2.26. The van der Waals surface area contributed by atoms with Crippen molar-refractivity contribution in [3.05, 3.63) is 71.8 Å². The number of nitrogens with zero attached hydrogens (tertiary/aromatic N) is 1. The van der Waals surface area contributed by atoms with Crippen molar-refractivity contribution in [1.82, 2.24) is 4.90 Å². The molecule has 3 aromatic rings. The first kappa shape index (κ1) is 20.9. The Labute approximate surface area is 174 Å². The molecular weight excluding hydrogens is 384 g/mol. The maximum Gasteiger partial charge on any atom is 0.342 e. The van der Waals surface area contributed by atoms with Crippen molar-refractivity contribution in [2.45, 2.75) is 0 Å². The number of hydrogen-bond acceptors (Lipinski definition) is 5. The Morgan fingerprint density at radius 1 is 0.933 bits per heavy atom. The van der Waals surface area contributed by atoms with Gasteiger partial charge in [0.25, 0.3) is 11.8 Å². The number of methoxy groups -OCH3 is 1. The van der Waals surface area contributed by atoms with E-state index in [4.69, 9.17) is 9.47 Å². The van der Waals surface area contributed by atoms with E-state index in [1.54, 1.807) is 50.5 Å². The summed E-state index contributed by atoms with van der Waals surface area (Å²) in [6.07, 6.45) is 0. The predicted octanol–water partition coefficient (Wildman–Crippen LogP) is 3.35. The van der Waals surface area contributed by atoms with Crippen molar-refractivity contribution >= 4 is 34.2 Å². The standard InChI is InChI=1S/C23H22N2O5/c1-25(2)22(27)15-8-10-18(11-9-15)24-21(26)14-30-23(28)19-12-16-6-4-5-7-17(16)13-20(19)29-3/h4-13H,14H2,1-3H3,(H,24,26). The smallest absolute Gasteiger partial charge is 0.342 e. The van der Waals surface area contributed by atoms with Gasteiger partial charge in [-0.2, -0.15) is 0 Å². The summed E-state index contributed by atoms with van der Waals surface area (Å²) >= 11 is 0. The van der Waals surface area contributed by atoms with Gasteiger partial charge in [-0.1, -0.05) is 24.3 Å². The van der Waals surface area contributed by atoms with E-state index in [0.717, 1.165) is 10.8 Å². The predicted molar refractivity (Wildman–Crippen MR) is 114 cm³/mol. The van der Waals surface area contributed by atoms with Crippen LogP contribution in [0, 0.1) is 0 Å². The maximum absolute atomic E-state index is 12.5. The van der Waals surface area contributed by atoms with Crippen LogP contribution in [0.5, 0.6) is 5.75 Å². The third kappa shape index (κ3) is 4.75. The number of ether oxygens (including phenoxy) is 2. The SMILES string of the molecule is COc1cc2ccccc2cc1C(=O)OCC(=O)Nc1ccc(C(=O)N(C)C)cc1. The Morgan fingerprint density at radius 3 is 2.17 bits per heavy atom. The normalized spacial score (nSPS) is 10.4. The number of anilines is 1. The van der Waals surface area contributed by atoms with Gasteiger partial charge in [0.05, 0.1) is 7.11 Å². The van der Waals surface area contributed by atoms with Gasteiger partial charge in [-0.3, -0.25) is 9.59 Å². The molecule has 0 radical (unpaired) electrons. The average Bonchev–Trinajstić information content (AvgIpc) is 2.76. The Hall–Kier alpha value is -3.87. The van der Waals surface area contributed by atoms with Crippen LogP contribution in [0.1, 0.15) is 20.7 Å². The Kier molecular flexibility index (Phi) is 6.32. The molecule has 0 spiro atoms. The summed E-state index contributed by atoms with van der Waals surface area (Å²) < 4.78 is 10.4. The molecule has 0 saturated heterocycles. The fraction of sp³-hybridized carbons (Fsp3) is 0.174. The van der Waals surface area contributed by atoms with E-state index < -0.39 is 18.5 Å². The molecule has 0 aromatic heterocycles. The van der Waals surface area contributed by atoms with E-state index in [9.17, 15) is 14.4 Å². The van der Waals surface area contributed by atoms with Crippen molar-refractivity contribution in [3.8, 4) is 5.75 Å². The maximum atomic E-state index is 12.5. The molecule has 0 unspecified atom stereocenters. The van der Waals surface area contributed by atoms with Crippen LogP contribution in [0.3, 0.4) is 0 Å². The van der Waals surface area contributed by atoms with E-state index in [0.29, 0.717) is 17.0 Å². The quantitative estimate of drug-likeness (QED) is 0.635. The van der Waals surface area contributed by atoms with E-state index in [1.165, 1.54) is 12.0 Å². The van der Waals surface area contributed by atoms with Crippen LogP contribution in [0.25, 0.3) is 10.8 Å². The van der Waals surface area contributed by atoms with Crippen molar-refractivity contribution in [2.75, 3.05) is 33.1 Å². The number of benzene rings is 3. The topological polar surface area (TPSA) is 84.9 Å². The zero-order valence-electron chi connectivity index (χ0n) is 17.0. The summed E-state index contributed by atoms with van der Waals surface area (Å²) in [7, 11) is 4.80. The van der Waals surface area contributed by atoms with Gasteiger partial charge in [0.2, 0.25) is 0 Å². The molecule has 0 aliphatic carbocycles. The van der Waals surface area contributed by atoms with Crippen molar-refractivity contribution < 1.29 is 23.9 Å². The number of carbonyl (C=O) groups is 3. The number of fused-ring (bicyclic) bond motifs is 1. The number of amides is 2. The van der Waals surface area contributed by atoms with Gasteiger partial charge in [0.15, 0.2) is 6.61 Å². The van der Waals surface area contributed by atoms with Crippen LogP contribution in [0.4, 0.5) is 5.69 Å². The van der Waals surface area contributed by atoms with Crippen LogP contribution in [-0.2, 0) is 9.53 Å². The van der Waals surface area contributed by atoms with Crippen LogP contribution in [0.2, 0.25) is 0 Å². The number of esters is 1. The Bertz CT molecular complexity index is 1090. The summed E-state index contributed by atoms with van der Waals surface area (Å²) in [6, 6.07) is 17.4. The lowest BCUT2D eigenvalue weighted by Crippen LogP contribution is -2.22. The Morgan fingerprint density at radius 2 is 1.57 bits per heavy atom. The molecule has 0 aliphatic rings. The molecule has 3 rings (SSSR count). The van der Waals surface area contributed by atoms with Crippen LogP contribution in [-0.4, -0.2) is 50.5 Å².